The monoisotopic (exact) mass is 314 g/mol. The maximum atomic E-state index is 13.7. The van der Waals surface area contributed by atoms with Gasteiger partial charge in [-0.25, -0.2) is 4.39 Å². The first kappa shape index (κ1) is 14.1. The van der Waals surface area contributed by atoms with E-state index in [1.807, 2.05) is 6.07 Å². The highest BCUT2D eigenvalue weighted by Gasteiger charge is 2.12. The van der Waals surface area contributed by atoms with Crippen molar-refractivity contribution in [2.75, 3.05) is 0 Å². The lowest BCUT2D eigenvalue weighted by atomic mass is 10.1. The molecule has 96 valence electrons. The first-order valence-corrected chi connectivity index (χ1v) is 6.32. The summed E-state index contributed by atoms with van der Waals surface area (Å²) in [7, 11) is 0. The van der Waals surface area contributed by atoms with E-state index < -0.39 is 5.82 Å². The van der Waals surface area contributed by atoms with Gasteiger partial charge in [0.05, 0.1) is 28.2 Å². The molecule has 19 heavy (non-hydrogen) atoms. The van der Waals surface area contributed by atoms with Crippen LogP contribution >= 0.6 is 34.8 Å². The molecule has 0 unspecified atom stereocenters. The van der Waals surface area contributed by atoms with E-state index in [2.05, 4.69) is 4.98 Å². The topological polar surface area (TPSA) is 36.7 Å². The third-order valence-electron chi connectivity index (χ3n) is 2.47. The fraction of sp³-hybridized carbons (Fsp3) is 0.0769. The van der Waals surface area contributed by atoms with E-state index in [1.54, 1.807) is 6.07 Å². The minimum atomic E-state index is -0.564. The van der Waals surface area contributed by atoms with Crippen molar-refractivity contribution in [3.8, 4) is 17.2 Å². The van der Waals surface area contributed by atoms with Gasteiger partial charge in [0.15, 0.2) is 0 Å². The second kappa shape index (κ2) is 5.75. The van der Waals surface area contributed by atoms with Crippen LogP contribution < -0.4 is 0 Å². The van der Waals surface area contributed by atoms with E-state index in [0.29, 0.717) is 16.1 Å². The van der Waals surface area contributed by atoms with Crippen LogP contribution in [0.2, 0.25) is 15.1 Å². The van der Waals surface area contributed by atoms with Gasteiger partial charge in [-0.1, -0.05) is 34.8 Å². The number of rotatable bonds is 2. The summed E-state index contributed by atoms with van der Waals surface area (Å²) in [6.07, 6.45) is 1.35. The molecular formula is C13H6Cl3FN2. The Labute approximate surface area is 124 Å². The molecule has 0 aliphatic rings. The van der Waals surface area contributed by atoms with Gasteiger partial charge in [-0.2, -0.15) is 5.26 Å². The molecule has 0 fully saturated rings. The van der Waals surface area contributed by atoms with Crippen LogP contribution in [0.5, 0.6) is 0 Å². The molecule has 0 amide bonds. The van der Waals surface area contributed by atoms with Crippen molar-refractivity contribution in [1.82, 2.24) is 4.98 Å². The number of benzene rings is 1. The maximum absolute atomic E-state index is 13.7. The third kappa shape index (κ3) is 2.98. The van der Waals surface area contributed by atoms with E-state index >= 15 is 0 Å². The second-order valence-electron chi connectivity index (χ2n) is 3.74. The SMILES string of the molecule is N#CCc1ncc(-c2cc(Cl)cc(Cl)c2Cl)cc1F. The van der Waals surface area contributed by atoms with Crippen molar-refractivity contribution >= 4 is 34.8 Å². The lowest BCUT2D eigenvalue weighted by Crippen LogP contribution is -1.95. The number of pyridine rings is 1. The first-order chi connectivity index (χ1) is 9.02. The second-order valence-corrected chi connectivity index (χ2v) is 4.96. The predicted octanol–water partition coefficient (Wildman–Crippen LogP) is 4.91. The number of hydrogen-bond acceptors (Lipinski definition) is 2. The Hall–Kier alpha value is -1.34. The predicted molar refractivity (Wildman–Crippen MR) is 74.0 cm³/mol. The van der Waals surface area contributed by atoms with Crippen LogP contribution in [0.25, 0.3) is 11.1 Å². The highest BCUT2D eigenvalue weighted by molar-refractivity contribution is 6.45. The van der Waals surface area contributed by atoms with Gasteiger partial charge in [-0.05, 0) is 18.2 Å². The number of nitrogens with zero attached hydrogens (tertiary/aromatic N) is 2. The Bertz CT molecular complexity index is 680. The highest BCUT2D eigenvalue weighted by atomic mass is 35.5. The molecule has 1 heterocycles. The average Bonchev–Trinajstić information content (AvgIpc) is 2.36. The minimum Gasteiger partial charge on any atom is -0.256 e. The van der Waals surface area contributed by atoms with Crippen molar-refractivity contribution in [2.24, 2.45) is 0 Å². The molecule has 0 radical (unpaired) electrons. The zero-order valence-corrected chi connectivity index (χ0v) is 11.7. The van der Waals surface area contributed by atoms with Gasteiger partial charge in [-0.15, -0.1) is 0 Å². The van der Waals surface area contributed by atoms with Crippen molar-refractivity contribution in [3.63, 3.8) is 0 Å². The summed E-state index contributed by atoms with van der Waals surface area (Å²) in [6, 6.07) is 6.18. The normalized spacial score (nSPS) is 10.3. The van der Waals surface area contributed by atoms with Gasteiger partial charge in [0, 0.05) is 22.3 Å². The fourth-order valence-corrected chi connectivity index (χ4v) is 2.30. The van der Waals surface area contributed by atoms with Gasteiger partial charge in [0.25, 0.3) is 0 Å². The molecule has 0 N–H and O–H groups in total. The van der Waals surface area contributed by atoms with Gasteiger partial charge in [0.1, 0.15) is 5.82 Å². The number of hydrogen-bond donors (Lipinski definition) is 0. The number of nitriles is 1. The summed E-state index contributed by atoms with van der Waals surface area (Å²) in [6.45, 7) is 0. The molecule has 0 aliphatic heterocycles. The maximum Gasteiger partial charge on any atom is 0.146 e. The number of aromatic nitrogens is 1. The summed E-state index contributed by atoms with van der Waals surface area (Å²) < 4.78 is 13.7. The molecule has 2 nitrogen and oxygen atoms in total. The Morgan fingerprint density at radius 2 is 1.95 bits per heavy atom. The first-order valence-electron chi connectivity index (χ1n) is 5.19. The van der Waals surface area contributed by atoms with Crippen molar-refractivity contribution in [1.29, 1.82) is 5.26 Å². The zero-order valence-electron chi connectivity index (χ0n) is 9.42. The standard InChI is InChI=1S/C13H6Cl3FN2/c14-8-4-9(13(16)10(15)5-8)7-3-11(17)12(1-2-18)19-6-7/h3-6H,1H2. The summed E-state index contributed by atoms with van der Waals surface area (Å²) in [4.78, 5) is 3.90. The van der Waals surface area contributed by atoms with Gasteiger partial charge in [-0.3, -0.25) is 4.98 Å². The molecule has 0 saturated heterocycles. The molecule has 0 bridgehead atoms. The van der Waals surface area contributed by atoms with Gasteiger partial charge < -0.3 is 0 Å². The lowest BCUT2D eigenvalue weighted by Gasteiger charge is -2.08. The Morgan fingerprint density at radius 1 is 1.21 bits per heavy atom. The third-order valence-corrected chi connectivity index (χ3v) is 3.49. The van der Waals surface area contributed by atoms with Crippen LogP contribution in [0.3, 0.4) is 0 Å². The Balaban J connectivity index is 2.54. The molecule has 0 spiro atoms. The summed E-state index contributed by atoms with van der Waals surface area (Å²) >= 11 is 17.9. The van der Waals surface area contributed by atoms with Crippen LogP contribution in [0.4, 0.5) is 4.39 Å². The molecule has 6 heteroatoms. The van der Waals surface area contributed by atoms with Gasteiger partial charge >= 0.3 is 0 Å². The van der Waals surface area contributed by atoms with Crippen molar-refractivity contribution < 1.29 is 4.39 Å². The van der Waals surface area contributed by atoms with Crippen LogP contribution in [0, 0.1) is 17.1 Å². The van der Waals surface area contributed by atoms with Crippen molar-refractivity contribution in [2.45, 2.75) is 6.42 Å². The van der Waals surface area contributed by atoms with Crippen LogP contribution in [0.1, 0.15) is 5.69 Å². The molecule has 1 aromatic heterocycles. The molecule has 2 rings (SSSR count). The lowest BCUT2D eigenvalue weighted by molar-refractivity contribution is 0.606. The molecule has 0 atom stereocenters. The average molecular weight is 316 g/mol. The molecule has 1 aromatic carbocycles. The summed E-state index contributed by atoms with van der Waals surface area (Å²) in [5.41, 5.74) is 1.04. The van der Waals surface area contributed by atoms with E-state index in [9.17, 15) is 4.39 Å². The fourth-order valence-electron chi connectivity index (χ4n) is 1.58. The van der Waals surface area contributed by atoms with E-state index in [1.165, 1.54) is 18.3 Å². The van der Waals surface area contributed by atoms with Crippen LogP contribution in [-0.2, 0) is 6.42 Å². The highest BCUT2D eigenvalue weighted by Crippen LogP contribution is 2.36. The number of halogens is 4. The zero-order chi connectivity index (χ0) is 14.0. The Morgan fingerprint density at radius 3 is 2.58 bits per heavy atom. The van der Waals surface area contributed by atoms with Crippen LogP contribution in [0.15, 0.2) is 24.4 Å². The van der Waals surface area contributed by atoms with Crippen molar-refractivity contribution in [3.05, 3.63) is 51.0 Å². The van der Waals surface area contributed by atoms with E-state index in [4.69, 9.17) is 40.1 Å². The molecule has 0 aliphatic carbocycles. The van der Waals surface area contributed by atoms with Crippen LogP contribution in [-0.4, -0.2) is 4.98 Å². The largest absolute Gasteiger partial charge is 0.256 e. The molecule has 0 saturated carbocycles. The van der Waals surface area contributed by atoms with Gasteiger partial charge in [0.2, 0.25) is 0 Å². The molecule has 2 aromatic rings. The summed E-state index contributed by atoms with van der Waals surface area (Å²) in [5, 5.41) is 9.49. The summed E-state index contributed by atoms with van der Waals surface area (Å²) in [5.74, 6) is -0.564. The quantitative estimate of drug-likeness (QED) is 0.738. The molecular weight excluding hydrogens is 310 g/mol. The van der Waals surface area contributed by atoms with E-state index in [-0.39, 0.29) is 22.2 Å². The minimum absolute atomic E-state index is 0.0872. The Kier molecular flexibility index (Phi) is 4.26. The van der Waals surface area contributed by atoms with E-state index in [0.717, 1.165) is 0 Å². The smallest absolute Gasteiger partial charge is 0.146 e.